The third-order valence-corrected chi connectivity index (χ3v) is 4.20. The minimum absolute atomic E-state index is 0.105. The summed E-state index contributed by atoms with van der Waals surface area (Å²) < 4.78 is 7.20. The average Bonchev–Trinajstić information content (AvgIpc) is 2.45. The van der Waals surface area contributed by atoms with Gasteiger partial charge in [0.1, 0.15) is 11.9 Å². The molecule has 112 valence electrons. The first-order valence-electron chi connectivity index (χ1n) is 7.25. The quantitative estimate of drug-likeness (QED) is 0.822. The minimum Gasteiger partial charge on any atom is -0.484 e. The highest BCUT2D eigenvalue weighted by molar-refractivity contribution is 9.10. The molecule has 2 nitrogen and oxygen atoms in total. The Kier molecular flexibility index (Phi) is 5.43. The molecule has 0 aliphatic carbocycles. The van der Waals surface area contributed by atoms with Crippen LogP contribution in [0, 0.1) is 0 Å². The molecule has 2 aromatic carbocycles. The van der Waals surface area contributed by atoms with Gasteiger partial charge in [-0.25, -0.2) is 0 Å². The van der Waals surface area contributed by atoms with E-state index in [9.17, 15) is 0 Å². The summed E-state index contributed by atoms with van der Waals surface area (Å²) in [6, 6.07) is 16.2. The first kappa shape index (κ1) is 16.1. The van der Waals surface area contributed by atoms with Crippen molar-refractivity contribution in [3.63, 3.8) is 0 Å². The number of benzene rings is 2. The SMILES string of the molecule is CC(C)c1cccc(OC(c2ccccc2Br)C(C)N)c1. The van der Waals surface area contributed by atoms with E-state index >= 15 is 0 Å². The molecule has 2 N–H and O–H groups in total. The molecular weight excluding hydrogens is 326 g/mol. The molecule has 2 rings (SSSR count). The molecule has 0 spiro atoms. The van der Waals surface area contributed by atoms with E-state index in [-0.39, 0.29) is 12.1 Å². The van der Waals surface area contributed by atoms with Gasteiger partial charge in [-0.3, -0.25) is 0 Å². The maximum Gasteiger partial charge on any atom is 0.140 e. The molecular formula is C18H22BrNO. The van der Waals surface area contributed by atoms with Crippen molar-refractivity contribution in [1.29, 1.82) is 0 Å². The van der Waals surface area contributed by atoms with Crippen molar-refractivity contribution in [2.75, 3.05) is 0 Å². The highest BCUT2D eigenvalue weighted by atomic mass is 79.9. The van der Waals surface area contributed by atoms with Gasteiger partial charge < -0.3 is 10.5 Å². The van der Waals surface area contributed by atoms with Crippen molar-refractivity contribution < 1.29 is 4.74 Å². The van der Waals surface area contributed by atoms with Gasteiger partial charge in [0, 0.05) is 16.1 Å². The van der Waals surface area contributed by atoms with Gasteiger partial charge in [-0.1, -0.05) is 60.1 Å². The van der Waals surface area contributed by atoms with E-state index < -0.39 is 0 Å². The Morgan fingerprint density at radius 2 is 1.71 bits per heavy atom. The second-order valence-corrected chi connectivity index (χ2v) is 6.50. The zero-order valence-corrected chi connectivity index (χ0v) is 14.3. The van der Waals surface area contributed by atoms with Crippen LogP contribution in [0.2, 0.25) is 0 Å². The fourth-order valence-corrected chi connectivity index (χ4v) is 2.76. The molecule has 2 atom stereocenters. The summed E-state index contributed by atoms with van der Waals surface area (Å²) >= 11 is 3.58. The number of hydrogen-bond donors (Lipinski definition) is 1. The molecule has 0 fully saturated rings. The van der Waals surface area contributed by atoms with Gasteiger partial charge in [-0.15, -0.1) is 0 Å². The predicted molar refractivity (Wildman–Crippen MR) is 91.7 cm³/mol. The van der Waals surface area contributed by atoms with Gasteiger partial charge in [-0.05, 0) is 36.6 Å². The summed E-state index contributed by atoms with van der Waals surface area (Å²) in [6.07, 6.45) is -0.178. The molecule has 0 heterocycles. The molecule has 0 aliphatic rings. The minimum atomic E-state index is -0.178. The van der Waals surface area contributed by atoms with Crippen LogP contribution in [0.25, 0.3) is 0 Å². The Morgan fingerprint density at radius 3 is 2.33 bits per heavy atom. The average molecular weight is 348 g/mol. The van der Waals surface area contributed by atoms with Crippen molar-refractivity contribution in [1.82, 2.24) is 0 Å². The fourth-order valence-electron chi connectivity index (χ4n) is 2.25. The Balaban J connectivity index is 2.29. The predicted octanol–water partition coefficient (Wildman–Crippen LogP) is 5.04. The molecule has 0 radical (unpaired) electrons. The van der Waals surface area contributed by atoms with Crippen LogP contribution >= 0.6 is 15.9 Å². The molecule has 0 saturated heterocycles. The second kappa shape index (κ2) is 7.10. The largest absolute Gasteiger partial charge is 0.484 e. The second-order valence-electron chi connectivity index (χ2n) is 5.65. The number of rotatable bonds is 5. The number of nitrogens with two attached hydrogens (primary N) is 1. The van der Waals surface area contributed by atoms with Crippen molar-refractivity contribution in [2.24, 2.45) is 5.73 Å². The number of ether oxygens (including phenoxy) is 1. The summed E-state index contributed by atoms with van der Waals surface area (Å²) in [5, 5.41) is 0. The first-order valence-corrected chi connectivity index (χ1v) is 8.05. The van der Waals surface area contributed by atoms with Crippen LogP contribution in [0.5, 0.6) is 5.75 Å². The Morgan fingerprint density at radius 1 is 1.00 bits per heavy atom. The smallest absolute Gasteiger partial charge is 0.140 e. The first-order chi connectivity index (χ1) is 9.99. The standard InChI is InChI=1S/C18H22BrNO/c1-12(2)14-7-6-8-15(11-14)21-18(13(3)20)16-9-4-5-10-17(16)19/h4-13,18H,20H2,1-3H3. The number of halogens is 1. The Labute approximate surface area is 135 Å². The summed E-state index contributed by atoms with van der Waals surface area (Å²) in [5.74, 6) is 1.34. The van der Waals surface area contributed by atoms with Gasteiger partial charge in [0.25, 0.3) is 0 Å². The molecule has 0 aliphatic heterocycles. The molecule has 3 heteroatoms. The van der Waals surface area contributed by atoms with E-state index in [4.69, 9.17) is 10.5 Å². The Hall–Kier alpha value is -1.32. The topological polar surface area (TPSA) is 35.2 Å². The van der Waals surface area contributed by atoms with Gasteiger partial charge in [-0.2, -0.15) is 0 Å². The molecule has 2 unspecified atom stereocenters. The van der Waals surface area contributed by atoms with Crippen LogP contribution in [0.15, 0.2) is 53.0 Å². The van der Waals surface area contributed by atoms with Gasteiger partial charge >= 0.3 is 0 Å². The van der Waals surface area contributed by atoms with Crippen molar-refractivity contribution in [3.05, 3.63) is 64.1 Å². The van der Waals surface area contributed by atoms with Gasteiger partial charge in [0.05, 0.1) is 0 Å². The zero-order valence-electron chi connectivity index (χ0n) is 12.7. The van der Waals surface area contributed by atoms with Gasteiger partial charge in [0.15, 0.2) is 0 Å². The maximum absolute atomic E-state index is 6.18. The van der Waals surface area contributed by atoms with Crippen LogP contribution < -0.4 is 10.5 Å². The van der Waals surface area contributed by atoms with Crippen LogP contribution in [0.4, 0.5) is 0 Å². The van der Waals surface area contributed by atoms with E-state index in [0.717, 1.165) is 15.8 Å². The van der Waals surface area contributed by atoms with Crippen LogP contribution in [-0.2, 0) is 0 Å². The van der Waals surface area contributed by atoms with E-state index in [0.29, 0.717) is 5.92 Å². The van der Waals surface area contributed by atoms with E-state index in [1.807, 2.05) is 43.3 Å². The van der Waals surface area contributed by atoms with Crippen LogP contribution in [-0.4, -0.2) is 6.04 Å². The lowest BCUT2D eigenvalue weighted by atomic mass is 10.0. The van der Waals surface area contributed by atoms with Crippen molar-refractivity contribution in [3.8, 4) is 5.75 Å². The molecule has 0 bridgehead atoms. The maximum atomic E-state index is 6.18. The normalized spacial score (nSPS) is 14.0. The molecule has 0 saturated carbocycles. The molecule has 0 amide bonds. The van der Waals surface area contributed by atoms with Gasteiger partial charge in [0.2, 0.25) is 0 Å². The number of hydrogen-bond acceptors (Lipinski definition) is 2. The monoisotopic (exact) mass is 347 g/mol. The van der Waals surface area contributed by atoms with Crippen LogP contribution in [0.1, 0.15) is 43.9 Å². The van der Waals surface area contributed by atoms with Crippen molar-refractivity contribution >= 4 is 15.9 Å². The lowest BCUT2D eigenvalue weighted by Gasteiger charge is -2.24. The molecule has 2 aromatic rings. The van der Waals surface area contributed by atoms with Crippen molar-refractivity contribution in [2.45, 2.75) is 38.8 Å². The summed E-state index contributed by atoms with van der Waals surface area (Å²) in [6.45, 7) is 6.32. The lowest BCUT2D eigenvalue weighted by molar-refractivity contribution is 0.179. The highest BCUT2D eigenvalue weighted by Gasteiger charge is 2.20. The zero-order chi connectivity index (χ0) is 15.4. The van der Waals surface area contributed by atoms with E-state index in [1.165, 1.54) is 5.56 Å². The van der Waals surface area contributed by atoms with Crippen LogP contribution in [0.3, 0.4) is 0 Å². The molecule has 21 heavy (non-hydrogen) atoms. The van der Waals surface area contributed by atoms with E-state index in [2.05, 4.69) is 41.9 Å². The third-order valence-electron chi connectivity index (χ3n) is 3.48. The summed E-state index contributed by atoms with van der Waals surface area (Å²) in [7, 11) is 0. The third kappa shape index (κ3) is 4.08. The van der Waals surface area contributed by atoms with E-state index in [1.54, 1.807) is 0 Å². The summed E-state index contributed by atoms with van der Waals surface area (Å²) in [4.78, 5) is 0. The fraction of sp³-hybridized carbons (Fsp3) is 0.333. The lowest BCUT2D eigenvalue weighted by Crippen LogP contribution is -2.29. The summed E-state index contributed by atoms with van der Waals surface area (Å²) in [5.41, 5.74) is 8.48. The Bertz CT molecular complexity index is 595. The highest BCUT2D eigenvalue weighted by Crippen LogP contribution is 2.30. The molecule has 0 aromatic heterocycles.